The van der Waals surface area contributed by atoms with Crippen molar-refractivity contribution in [3.63, 3.8) is 0 Å². The normalized spacial score (nSPS) is 10.9. The van der Waals surface area contributed by atoms with Crippen LogP contribution >= 0.6 is 0 Å². The molecule has 0 aromatic heterocycles. The predicted octanol–water partition coefficient (Wildman–Crippen LogP) is 2.76. The van der Waals surface area contributed by atoms with E-state index in [-0.39, 0.29) is 17.1 Å². The van der Waals surface area contributed by atoms with Crippen molar-refractivity contribution in [1.29, 1.82) is 0 Å². The van der Waals surface area contributed by atoms with Crippen molar-refractivity contribution in [3.05, 3.63) is 17.9 Å². The lowest BCUT2D eigenvalue weighted by Crippen LogP contribution is -2.27. The third kappa shape index (κ3) is 3.51. The topological polar surface area (TPSA) is 73.6 Å². The molecule has 0 saturated heterocycles. The highest BCUT2D eigenvalue weighted by Gasteiger charge is 2.20. The van der Waals surface area contributed by atoms with Gasteiger partial charge in [-0.25, -0.2) is 9.18 Å². The number of nitrogens with two attached hydrogens (primary N) is 1. The highest BCUT2D eigenvalue weighted by Crippen LogP contribution is 2.33. The van der Waals surface area contributed by atoms with E-state index in [0.29, 0.717) is 0 Å². The van der Waals surface area contributed by atoms with Gasteiger partial charge in [0.1, 0.15) is 11.3 Å². The predicted molar refractivity (Wildman–Crippen MR) is 67.2 cm³/mol. The maximum atomic E-state index is 13.6. The lowest BCUT2D eigenvalue weighted by molar-refractivity contribution is 0.0634. The van der Waals surface area contributed by atoms with E-state index in [1.54, 1.807) is 20.8 Å². The Morgan fingerprint density at radius 2 is 2.00 bits per heavy atom. The summed E-state index contributed by atoms with van der Waals surface area (Å²) in [7, 11) is 1.34. The number of amides is 1. The number of hydrogen-bond donors (Lipinski definition) is 2. The van der Waals surface area contributed by atoms with Crippen molar-refractivity contribution in [3.8, 4) is 5.75 Å². The van der Waals surface area contributed by atoms with Gasteiger partial charge in [0.05, 0.1) is 12.8 Å². The first kappa shape index (κ1) is 14.1. The Balaban J connectivity index is 2.97. The van der Waals surface area contributed by atoms with Gasteiger partial charge in [-0.15, -0.1) is 0 Å². The largest absolute Gasteiger partial charge is 0.492 e. The van der Waals surface area contributed by atoms with Gasteiger partial charge in [-0.3, -0.25) is 5.32 Å². The molecule has 0 saturated carbocycles. The van der Waals surface area contributed by atoms with Gasteiger partial charge >= 0.3 is 6.09 Å². The second kappa shape index (κ2) is 5.12. The van der Waals surface area contributed by atoms with Crippen LogP contribution in [0.15, 0.2) is 12.1 Å². The Morgan fingerprint density at radius 3 is 2.50 bits per heavy atom. The number of nitrogen functional groups attached to an aromatic ring is 1. The SMILES string of the molecule is COc1c(N)ccc(F)c1NC(=O)OC(C)(C)C. The van der Waals surface area contributed by atoms with Crippen LogP contribution in [0.1, 0.15) is 20.8 Å². The Labute approximate surface area is 105 Å². The molecule has 6 heteroatoms. The van der Waals surface area contributed by atoms with Crippen molar-refractivity contribution >= 4 is 17.5 Å². The van der Waals surface area contributed by atoms with Gasteiger partial charge in [-0.1, -0.05) is 0 Å². The highest BCUT2D eigenvalue weighted by atomic mass is 19.1. The second-order valence-electron chi connectivity index (χ2n) is 4.67. The second-order valence-corrected chi connectivity index (χ2v) is 4.67. The summed E-state index contributed by atoms with van der Waals surface area (Å²) in [5.41, 5.74) is 5.04. The van der Waals surface area contributed by atoms with E-state index in [4.69, 9.17) is 15.2 Å². The fourth-order valence-corrected chi connectivity index (χ4v) is 1.32. The fourth-order valence-electron chi connectivity index (χ4n) is 1.32. The number of anilines is 2. The van der Waals surface area contributed by atoms with Crippen molar-refractivity contribution in [1.82, 2.24) is 0 Å². The Morgan fingerprint density at radius 1 is 1.39 bits per heavy atom. The lowest BCUT2D eigenvalue weighted by Gasteiger charge is -2.20. The molecule has 5 nitrogen and oxygen atoms in total. The Bertz CT molecular complexity index is 455. The molecule has 0 aliphatic carbocycles. The molecule has 0 spiro atoms. The van der Waals surface area contributed by atoms with Gasteiger partial charge < -0.3 is 15.2 Å². The maximum absolute atomic E-state index is 13.6. The molecule has 0 atom stereocenters. The zero-order chi connectivity index (χ0) is 13.9. The number of rotatable bonds is 2. The molecule has 1 aromatic carbocycles. The monoisotopic (exact) mass is 256 g/mol. The summed E-state index contributed by atoms with van der Waals surface area (Å²) in [6.45, 7) is 5.12. The van der Waals surface area contributed by atoms with Crippen LogP contribution in [0.2, 0.25) is 0 Å². The zero-order valence-electron chi connectivity index (χ0n) is 10.8. The van der Waals surface area contributed by atoms with E-state index in [1.165, 1.54) is 13.2 Å². The van der Waals surface area contributed by atoms with Crippen molar-refractivity contribution in [2.24, 2.45) is 0 Å². The first-order chi connectivity index (χ1) is 8.24. The molecule has 3 N–H and O–H groups in total. The van der Waals surface area contributed by atoms with Crippen molar-refractivity contribution in [2.45, 2.75) is 26.4 Å². The van der Waals surface area contributed by atoms with Gasteiger partial charge in [0.25, 0.3) is 0 Å². The molecule has 100 valence electrons. The minimum Gasteiger partial charge on any atom is -0.492 e. The van der Waals surface area contributed by atoms with Crippen LogP contribution in [-0.2, 0) is 4.74 Å². The van der Waals surface area contributed by atoms with Gasteiger partial charge in [0.2, 0.25) is 0 Å². The Hall–Kier alpha value is -1.98. The molecule has 0 radical (unpaired) electrons. The Kier molecular flexibility index (Phi) is 4.00. The van der Waals surface area contributed by atoms with Crippen LogP contribution in [0, 0.1) is 5.82 Å². The van der Waals surface area contributed by atoms with E-state index in [2.05, 4.69) is 5.32 Å². The third-order valence-corrected chi connectivity index (χ3v) is 1.97. The summed E-state index contributed by atoms with van der Waals surface area (Å²) in [5, 5.41) is 2.29. The van der Waals surface area contributed by atoms with E-state index < -0.39 is 17.5 Å². The van der Waals surface area contributed by atoms with Crippen LogP contribution < -0.4 is 15.8 Å². The number of carbonyl (C=O) groups excluding carboxylic acids is 1. The lowest BCUT2D eigenvalue weighted by atomic mass is 10.2. The third-order valence-electron chi connectivity index (χ3n) is 1.97. The summed E-state index contributed by atoms with van der Waals surface area (Å²) >= 11 is 0. The number of halogens is 1. The number of ether oxygens (including phenoxy) is 2. The molecule has 1 aromatic rings. The quantitative estimate of drug-likeness (QED) is 0.798. The number of methoxy groups -OCH3 is 1. The van der Waals surface area contributed by atoms with Gasteiger partial charge in [0, 0.05) is 0 Å². The summed E-state index contributed by atoms with van der Waals surface area (Å²) in [6.07, 6.45) is -0.773. The first-order valence-corrected chi connectivity index (χ1v) is 5.36. The minimum atomic E-state index is -0.773. The molecule has 1 amide bonds. The molecule has 0 aliphatic rings. The molecule has 0 heterocycles. The van der Waals surface area contributed by atoms with Crippen LogP contribution in [-0.4, -0.2) is 18.8 Å². The number of nitrogens with one attached hydrogen (secondary N) is 1. The molecule has 0 fully saturated rings. The average Bonchev–Trinajstić information content (AvgIpc) is 2.21. The minimum absolute atomic E-state index is 0.0702. The van der Waals surface area contributed by atoms with Crippen LogP contribution in [0.25, 0.3) is 0 Å². The van der Waals surface area contributed by atoms with Crippen LogP contribution in [0.5, 0.6) is 5.75 Å². The molecule has 0 aliphatic heterocycles. The number of carbonyl (C=O) groups is 1. The van der Waals surface area contributed by atoms with E-state index in [0.717, 1.165) is 6.07 Å². The summed E-state index contributed by atoms with van der Waals surface area (Å²) in [5.74, 6) is -0.576. The fraction of sp³-hybridized carbons (Fsp3) is 0.417. The standard InChI is InChI=1S/C12H17FN2O3/c1-12(2,3)18-11(16)15-9-7(13)5-6-8(14)10(9)17-4/h5-6H,14H2,1-4H3,(H,15,16). The number of hydrogen-bond acceptors (Lipinski definition) is 4. The molecule has 0 bridgehead atoms. The van der Waals surface area contributed by atoms with Crippen LogP contribution in [0.3, 0.4) is 0 Å². The average molecular weight is 256 g/mol. The van der Waals surface area contributed by atoms with Gasteiger partial charge in [0.15, 0.2) is 11.6 Å². The maximum Gasteiger partial charge on any atom is 0.412 e. The summed E-state index contributed by atoms with van der Waals surface area (Å²) < 4.78 is 23.6. The van der Waals surface area contributed by atoms with Crippen molar-refractivity contribution in [2.75, 3.05) is 18.2 Å². The zero-order valence-corrected chi connectivity index (χ0v) is 10.8. The molecular weight excluding hydrogens is 239 g/mol. The van der Waals surface area contributed by atoms with E-state index in [9.17, 15) is 9.18 Å². The number of benzene rings is 1. The molecule has 18 heavy (non-hydrogen) atoms. The van der Waals surface area contributed by atoms with Gasteiger partial charge in [-0.2, -0.15) is 0 Å². The summed E-state index contributed by atoms with van der Waals surface area (Å²) in [4.78, 5) is 11.6. The first-order valence-electron chi connectivity index (χ1n) is 5.36. The molecule has 0 unspecified atom stereocenters. The highest BCUT2D eigenvalue weighted by molar-refractivity contribution is 5.89. The smallest absolute Gasteiger partial charge is 0.412 e. The van der Waals surface area contributed by atoms with Crippen molar-refractivity contribution < 1.29 is 18.7 Å². The van der Waals surface area contributed by atoms with E-state index in [1.807, 2.05) is 0 Å². The summed E-state index contributed by atoms with van der Waals surface area (Å²) in [6, 6.07) is 2.50. The van der Waals surface area contributed by atoms with Gasteiger partial charge in [-0.05, 0) is 32.9 Å². The van der Waals surface area contributed by atoms with Crippen LogP contribution in [0.4, 0.5) is 20.6 Å². The molecule has 1 rings (SSSR count). The molecular formula is C12H17FN2O3. The van der Waals surface area contributed by atoms with E-state index >= 15 is 0 Å².